The minimum atomic E-state index is -0.529. The predicted molar refractivity (Wildman–Crippen MR) is 245 cm³/mol. The van der Waals surface area contributed by atoms with Gasteiger partial charge in [0.1, 0.15) is 0 Å². The molecule has 0 fully saturated rings. The van der Waals surface area contributed by atoms with Crippen molar-refractivity contribution in [3.8, 4) is 22.3 Å². The Bertz CT molecular complexity index is 3150. The zero-order chi connectivity index (χ0) is 38.2. The maximum absolute atomic E-state index is 2.48. The standard InChI is InChI=1S/C55H36N2S/c1-4-17-37(18-5-1)56(38-19-6-2-7-20-38)41-31-33-43-42-23-10-13-26-47(42)55(50(43)36-41)48-27-14-11-25-45(48)54-49(55)28-16-29-51(54)57(39-21-8-3-9-22-39)40-32-34-53-46(35-40)44-24-12-15-30-52(44)58-53/h1-36H. The Kier molecular flexibility index (Phi) is 7.35. The van der Waals surface area contributed by atoms with Crippen molar-refractivity contribution >= 4 is 65.6 Å². The summed E-state index contributed by atoms with van der Waals surface area (Å²) in [5, 5.41) is 2.59. The third-order valence-corrected chi connectivity index (χ3v) is 13.4. The van der Waals surface area contributed by atoms with Gasteiger partial charge in [-0.3, -0.25) is 0 Å². The van der Waals surface area contributed by atoms with Crippen molar-refractivity contribution in [1.82, 2.24) is 0 Å². The predicted octanol–water partition coefficient (Wildman–Crippen LogP) is 15.3. The van der Waals surface area contributed by atoms with Crippen LogP contribution in [-0.4, -0.2) is 0 Å². The molecule has 58 heavy (non-hydrogen) atoms. The Labute approximate surface area is 342 Å². The highest BCUT2D eigenvalue weighted by Gasteiger charge is 2.52. The molecular weight excluding hydrogens is 721 g/mol. The first-order chi connectivity index (χ1) is 28.8. The van der Waals surface area contributed by atoms with E-state index in [1.54, 1.807) is 0 Å². The topological polar surface area (TPSA) is 6.48 Å². The van der Waals surface area contributed by atoms with Gasteiger partial charge in [-0.25, -0.2) is 0 Å². The van der Waals surface area contributed by atoms with Crippen LogP contribution in [0.15, 0.2) is 218 Å². The molecule has 9 aromatic carbocycles. The second kappa shape index (κ2) is 12.9. The molecule has 0 radical (unpaired) electrons. The van der Waals surface area contributed by atoms with Gasteiger partial charge in [0.15, 0.2) is 0 Å². The molecule has 1 unspecified atom stereocenters. The second-order valence-electron chi connectivity index (χ2n) is 15.2. The molecule has 0 saturated carbocycles. The summed E-state index contributed by atoms with van der Waals surface area (Å²) in [6.45, 7) is 0. The van der Waals surface area contributed by atoms with Gasteiger partial charge in [-0.2, -0.15) is 0 Å². The van der Waals surface area contributed by atoms with E-state index in [2.05, 4.69) is 228 Å². The van der Waals surface area contributed by atoms with Gasteiger partial charge in [-0.05, 0) is 118 Å². The third kappa shape index (κ3) is 4.71. The summed E-state index contributed by atoms with van der Waals surface area (Å²) in [7, 11) is 0. The molecule has 0 N–H and O–H groups in total. The second-order valence-corrected chi connectivity index (χ2v) is 16.3. The Morgan fingerprint density at radius 3 is 1.55 bits per heavy atom. The van der Waals surface area contributed by atoms with Crippen LogP contribution in [0.1, 0.15) is 22.3 Å². The van der Waals surface area contributed by atoms with E-state index in [9.17, 15) is 0 Å². The molecule has 3 heteroatoms. The van der Waals surface area contributed by atoms with Crippen LogP contribution < -0.4 is 9.80 Å². The van der Waals surface area contributed by atoms with E-state index in [0.29, 0.717) is 0 Å². The van der Waals surface area contributed by atoms with E-state index < -0.39 is 5.41 Å². The smallest absolute Gasteiger partial charge is 0.0727 e. The largest absolute Gasteiger partial charge is 0.310 e. The van der Waals surface area contributed by atoms with Crippen molar-refractivity contribution in [3.05, 3.63) is 241 Å². The van der Waals surface area contributed by atoms with Crippen molar-refractivity contribution in [2.45, 2.75) is 5.41 Å². The third-order valence-electron chi connectivity index (χ3n) is 12.2. The molecule has 2 aliphatic carbocycles. The molecular formula is C55H36N2S. The molecule has 2 nitrogen and oxygen atoms in total. The van der Waals surface area contributed by atoms with Crippen molar-refractivity contribution in [3.63, 3.8) is 0 Å². The summed E-state index contributed by atoms with van der Waals surface area (Å²) in [5.74, 6) is 0. The van der Waals surface area contributed by atoms with Crippen LogP contribution in [0.5, 0.6) is 0 Å². The Balaban J connectivity index is 1.14. The van der Waals surface area contributed by atoms with Crippen LogP contribution >= 0.6 is 11.3 Å². The van der Waals surface area contributed by atoms with Gasteiger partial charge in [0.2, 0.25) is 0 Å². The van der Waals surface area contributed by atoms with Crippen LogP contribution in [0.4, 0.5) is 34.1 Å². The van der Waals surface area contributed by atoms with Gasteiger partial charge in [0.25, 0.3) is 0 Å². The van der Waals surface area contributed by atoms with E-state index in [4.69, 9.17) is 0 Å². The number of anilines is 6. The van der Waals surface area contributed by atoms with Crippen molar-refractivity contribution in [2.24, 2.45) is 0 Å². The van der Waals surface area contributed by atoms with Gasteiger partial charge >= 0.3 is 0 Å². The Hall–Kier alpha value is -7.20. The van der Waals surface area contributed by atoms with Crippen molar-refractivity contribution in [1.29, 1.82) is 0 Å². The molecule has 0 bridgehead atoms. The molecule has 2 aliphatic rings. The average Bonchev–Trinajstić information content (AvgIpc) is 3.92. The fourth-order valence-corrected chi connectivity index (χ4v) is 11.0. The van der Waals surface area contributed by atoms with E-state index in [1.807, 2.05) is 11.3 Å². The lowest BCUT2D eigenvalue weighted by Crippen LogP contribution is -2.26. The van der Waals surface area contributed by atoms with E-state index in [-0.39, 0.29) is 0 Å². The highest BCUT2D eigenvalue weighted by Crippen LogP contribution is 2.65. The van der Waals surface area contributed by atoms with Crippen LogP contribution in [0.3, 0.4) is 0 Å². The lowest BCUT2D eigenvalue weighted by molar-refractivity contribution is 0.793. The highest BCUT2D eigenvalue weighted by atomic mass is 32.1. The van der Waals surface area contributed by atoms with Crippen LogP contribution in [-0.2, 0) is 5.41 Å². The van der Waals surface area contributed by atoms with E-state index >= 15 is 0 Å². The summed E-state index contributed by atoms with van der Waals surface area (Å²) in [5.41, 5.74) is 16.7. The maximum Gasteiger partial charge on any atom is 0.0727 e. The highest BCUT2D eigenvalue weighted by molar-refractivity contribution is 7.25. The SMILES string of the molecule is c1ccc(N(c2ccccc2)c2ccc3c(c2)C2(c4ccccc4-3)c3ccccc3-c3c(N(c4ccccc4)c4ccc5sc6ccccc6c5c4)cccc32)cc1. The average molecular weight is 757 g/mol. The summed E-state index contributed by atoms with van der Waals surface area (Å²) in [6, 6.07) is 80.5. The van der Waals surface area contributed by atoms with Crippen LogP contribution in [0.25, 0.3) is 42.4 Å². The van der Waals surface area contributed by atoms with E-state index in [1.165, 1.54) is 70.4 Å². The summed E-state index contributed by atoms with van der Waals surface area (Å²) < 4.78 is 2.61. The maximum atomic E-state index is 2.48. The minimum Gasteiger partial charge on any atom is -0.310 e. The number of nitrogens with zero attached hydrogens (tertiary/aromatic N) is 2. The monoisotopic (exact) mass is 756 g/mol. The number of rotatable bonds is 6. The summed E-state index contributed by atoms with van der Waals surface area (Å²) in [6.07, 6.45) is 0. The molecule has 0 amide bonds. The molecule has 1 spiro atoms. The van der Waals surface area contributed by atoms with Gasteiger partial charge in [-0.15, -0.1) is 11.3 Å². The number of benzene rings is 9. The van der Waals surface area contributed by atoms with Gasteiger partial charge in [-0.1, -0.05) is 140 Å². The van der Waals surface area contributed by atoms with Crippen molar-refractivity contribution in [2.75, 3.05) is 9.80 Å². The first kappa shape index (κ1) is 33.0. The zero-order valence-corrected chi connectivity index (χ0v) is 32.4. The molecule has 0 saturated heterocycles. The zero-order valence-electron chi connectivity index (χ0n) is 31.6. The fourth-order valence-electron chi connectivity index (χ4n) is 9.94. The lowest BCUT2D eigenvalue weighted by atomic mass is 9.70. The number of fused-ring (bicyclic) bond motifs is 13. The van der Waals surface area contributed by atoms with Gasteiger partial charge in [0, 0.05) is 54.2 Å². The van der Waals surface area contributed by atoms with Crippen LogP contribution in [0, 0.1) is 0 Å². The molecule has 0 aliphatic heterocycles. The minimum absolute atomic E-state index is 0.529. The van der Waals surface area contributed by atoms with Crippen LogP contribution in [0.2, 0.25) is 0 Å². The Morgan fingerprint density at radius 2 is 0.828 bits per heavy atom. The first-order valence-electron chi connectivity index (χ1n) is 19.9. The Morgan fingerprint density at radius 1 is 0.310 bits per heavy atom. The number of thiophene rings is 1. The molecule has 1 aromatic heterocycles. The number of hydrogen-bond acceptors (Lipinski definition) is 3. The van der Waals surface area contributed by atoms with Gasteiger partial charge in [0.05, 0.1) is 11.1 Å². The first-order valence-corrected chi connectivity index (χ1v) is 20.8. The van der Waals surface area contributed by atoms with Gasteiger partial charge < -0.3 is 9.80 Å². The summed E-state index contributed by atoms with van der Waals surface area (Å²) >= 11 is 1.86. The molecule has 10 aromatic rings. The molecule has 1 heterocycles. The normalized spacial score (nSPS) is 14.6. The summed E-state index contributed by atoms with van der Waals surface area (Å²) in [4.78, 5) is 4.86. The number of hydrogen-bond donors (Lipinski definition) is 0. The van der Waals surface area contributed by atoms with Crippen molar-refractivity contribution < 1.29 is 0 Å². The molecule has 1 atom stereocenters. The molecule has 12 rings (SSSR count). The molecule has 272 valence electrons. The number of para-hydroxylation sites is 3. The fraction of sp³-hybridized carbons (Fsp3) is 0.0182. The quantitative estimate of drug-likeness (QED) is 0.167. The lowest BCUT2D eigenvalue weighted by Gasteiger charge is -2.33. The van der Waals surface area contributed by atoms with E-state index in [0.717, 1.165) is 28.4 Å².